The maximum Gasteiger partial charge on any atom is 0.141 e. The molecule has 0 aliphatic carbocycles. The van der Waals surface area contributed by atoms with Gasteiger partial charge in [0.1, 0.15) is 54.9 Å². The van der Waals surface area contributed by atoms with Gasteiger partial charge in [-0.05, 0) is 97.9 Å². The zero-order valence-corrected chi connectivity index (χ0v) is 40.4. The largest absolute Gasteiger partial charge is 0.310 e. The van der Waals surface area contributed by atoms with E-state index in [2.05, 4.69) is 264 Å². The number of para-hydroxylation sites is 1. The summed E-state index contributed by atoms with van der Waals surface area (Å²) in [5.41, 5.74) is 29.0. The molecule has 0 amide bonds. The third-order valence-corrected chi connectivity index (χ3v) is 15.5. The predicted octanol–water partition coefficient (Wildman–Crippen LogP) is 4.02. The maximum atomic E-state index is 2.58. The maximum absolute atomic E-state index is 2.58. The number of hydrogen-bond acceptors (Lipinski definition) is 0. The van der Waals surface area contributed by atoms with E-state index < -0.39 is 0 Å². The molecule has 0 atom stereocenters. The van der Waals surface area contributed by atoms with Crippen molar-refractivity contribution in [2.24, 2.45) is 0 Å². The van der Waals surface area contributed by atoms with Gasteiger partial charge in [0, 0.05) is 44.1 Å². The Morgan fingerprint density at radius 1 is 0.261 bits per heavy atom. The van der Waals surface area contributed by atoms with Gasteiger partial charge in [-0.25, -0.2) is 0 Å². The average molecular weight is 872 g/mol. The molecule has 0 spiro atoms. The Balaban J connectivity index is 1.06. The van der Waals surface area contributed by atoms with E-state index in [4.69, 9.17) is 0 Å². The Morgan fingerprint density at radius 3 is 1.32 bits per heavy atom. The molecule has 0 bridgehead atoms. The summed E-state index contributed by atoms with van der Waals surface area (Å²) < 4.78 is 5.06. The zero-order chi connectivity index (χ0) is 47.1. The normalized spacial score (nSPS) is 11.6. The van der Waals surface area contributed by atoms with E-state index in [1.807, 2.05) is 0 Å². The van der Waals surface area contributed by atoms with Crippen LogP contribution < -0.4 is 38.2 Å². The first-order valence-corrected chi connectivity index (χ1v) is 24.3. The summed E-state index contributed by atoms with van der Waals surface area (Å²) in [7, 11) is 16.3. The number of rotatable bonds is 7. The van der Waals surface area contributed by atoms with E-state index >= 15 is 0 Å². The van der Waals surface area contributed by atoms with Crippen molar-refractivity contribution < 1.29 is 0 Å². The van der Waals surface area contributed by atoms with E-state index in [-0.39, 0.29) is 0 Å². The molecule has 10 aromatic carbocycles. The highest BCUT2D eigenvalue weighted by atomic mass is 15.0. The molecule has 12 rings (SSSR count). The Morgan fingerprint density at radius 2 is 0.710 bits per heavy atom. The van der Waals surface area contributed by atoms with E-state index in [1.165, 1.54) is 143 Å². The summed E-state index contributed by atoms with van der Waals surface area (Å²) >= 11 is 0. The Kier molecular flexibility index (Phi) is 10.4. The first kappa shape index (κ1) is 42.6. The second-order valence-electron chi connectivity index (χ2n) is 19.1. The zero-order valence-electron chi connectivity index (χ0n) is 40.4. The van der Waals surface area contributed by atoms with Gasteiger partial charge >= 0.3 is 0 Å². The fourth-order valence-electron chi connectivity index (χ4n) is 11.5. The predicted molar refractivity (Wildman–Crippen MR) is 320 cm³/mol. The molecule has 0 aliphatic heterocycles. The van der Waals surface area contributed by atoms with Crippen molar-refractivity contribution in [3.05, 3.63) is 200 Å². The molecular formula is C60H47B7N2. The van der Waals surface area contributed by atoms with Gasteiger partial charge in [0.05, 0.1) is 11.0 Å². The summed E-state index contributed by atoms with van der Waals surface area (Å²) in [5, 5.41) is 5.20. The third kappa shape index (κ3) is 6.81. The van der Waals surface area contributed by atoms with Gasteiger partial charge in [0.15, 0.2) is 0 Å². The van der Waals surface area contributed by atoms with Gasteiger partial charge in [0.2, 0.25) is 0 Å². The van der Waals surface area contributed by atoms with Crippen molar-refractivity contribution in [3.63, 3.8) is 0 Å². The van der Waals surface area contributed by atoms with E-state index in [0.717, 1.165) is 5.69 Å². The summed E-state index contributed by atoms with van der Waals surface area (Å²) in [6.45, 7) is 0. The number of hydrogen-bond donors (Lipinski definition) is 0. The smallest absolute Gasteiger partial charge is 0.141 e. The molecule has 0 saturated heterocycles. The fraction of sp³-hybridized carbons (Fsp3) is 0. The first-order chi connectivity index (χ1) is 33.7. The van der Waals surface area contributed by atoms with Crippen LogP contribution in [0, 0.1) is 0 Å². The first-order valence-electron chi connectivity index (χ1n) is 24.3. The molecule has 12 aromatic rings. The molecule has 0 radical (unpaired) electrons. The van der Waals surface area contributed by atoms with Gasteiger partial charge in [-0.15, -0.1) is 5.46 Å². The molecule has 0 unspecified atom stereocenters. The van der Waals surface area contributed by atoms with Crippen molar-refractivity contribution in [2.75, 3.05) is 0 Å². The molecule has 0 N–H and O–H groups in total. The van der Waals surface area contributed by atoms with Gasteiger partial charge in [-0.3, -0.25) is 0 Å². The lowest BCUT2D eigenvalue weighted by atomic mass is 9.64. The fourth-order valence-corrected chi connectivity index (χ4v) is 11.5. The molecule has 318 valence electrons. The van der Waals surface area contributed by atoms with Crippen LogP contribution in [-0.2, 0) is 0 Å². The molecule has 0 saturated carbocycles. The van der Waals surface area contributed by atoms with Gasteiger partial charge < -0.3 is 9.13 Å². The Bertz CT molecular complexity index is 3990. The molecular weight excluding hydrogens is 824 g/mol. The molecule has 2 aromatic heterocycles. The van der Waals surface area contributed by atoms with Crippen molar-refractivity contribution >= 4 is 137 Å². The summed E-state index contributed by atoms with van der Waals surface area (Å²) in [6, 6.07) is 73.4. The van der Waals surface area contributed by atoms with Crippen LogP contribution in [0.25, 0.3) is 111 Å². The highest BCUT2D eigenvalue weighted by molar-refractivity contribution is 6.69. The van der Waals surface area contributed by atoms with Crippen LogP contribution in [0.3, 0.4) is 0 Å². The Labute approximate surface area is 410 Å². The number of aromatic nitrogens is 2. The van der Waals surface area contributed by atoms with Crippen molar-refractivity contribution in [2.45, 2.75) is 0 Å². The van der Waals surface area contributed by atoms with Crippen LogP contribution in [0.4, 0.5) is 0 Å². The standard InChI is InChI=1S/C60H47B7N2/c61-51-48(41-26-31-47-46(33-41)45-21-11-20-44(38-16-8-3-9-17-38)58(45)68(47)42-27-22-36(23-28-42)34-12-4-1-5-13-34)52(62)56(66)59-49(51)50-53(63)54(64)55(65)57(67)60(50)69(59)43-29-24-37(25-30-43)40-19-10-18-39(32-40)35-14-6-2-7-15-35/h1-33H,61-67H2. The van der Waals surface area contributed by atoms with Crippen molar-refractivity contribution in [3.8, 4) is 67.0 Å². The topological polar surface area (TPSA) is 9.86 Å². The minimum Gasteiger partial charge on any atom is -0.310 e. The minimum atomic E-state index is 1.15. The van der Waals surface area contributed by atoms with Gasteiger partial charge in [0.25, 0.3) is 0 Å². The molecule has 9 heteroatoms. The van der Waals surface area contributed by atoms with E-state index in [1.54, 1.807) is 0 Å². The average Bonchev–Trinajstić information content (AvgIpc) is 3.94. The van der Waals surface area contributed by atoms with Crippen LogP contribution >= 0.6 is 0 Å². The number of benzene rings is 10. The van der Waals surface area contributed by atoms with E-state index in [9.17, 15) is 0 Å². The summed E-state index contributed by atoms with van der Waals surface area (Å²) in [5.74, 6) is 0. The molecule has 69 heavy (non-hydrogen) atoms. The number of fused-ring (bicyclic) bond motifs is 6. The quantitative estimate of drug-likeness (QED) is 0.215. The third-order valence-electron chi connectivity index (χ3n) is 15.5. The number of nitrogens with zero attached hydrogens (tertiary/aromatic N) is 2. The second kappa shape index (κ2) is 16.8. The highest BCUT2D eigenvalue weighted by Gasteiger charge is 2.26. The minimum absolute atomic E-state index is 1.15. The van der Waals surface area contributed by atoms with Crippen LogP contribution in [0.2, 0.25) is 0 Å². The molecule has 0 aliphatic rings. The van der Waals surface area contributed by atoms with Crippen molar-refractivity contribution in [1.29, 1.82) is 0 Å². The van der Waals surface area contributed by atoms with E-state index in [0.29, 0.717) is 0 Å². The lowest BCUT2D eigenvalue weighted by Gasteiger charge is -2.19. The highest BCUT2D eigenvalue weighted by Crippen LogP contribution is 2.40. The van der Waals surface area contributed by atoms with Crippen LogP contribution in [0.15, 0.2) is 200 Å². The van der Waals surface area contributed by atoms with Crippen LogP contribution in [0.5, 0.6) is 0 Å². The molecule has 2 nitrogen and oxygen atoms in total. The SMILES string of the molecule is Bc1c(B)c(B)c2c(c1B)c1c(B)c(-c3ccc4c(c3)c3cccc(-c5ccccc5)c3n4-c3ccc(-c4ccccc4)cc3)c(B)c(B)c1n2-c1ccc(-c2cccc(-c3ccccc3)c2)cc1. The van der Waals surface area contributed by atoms with Crippen LogP contribution in [0.1, 0.15) is 0 Å². The van der Waals surface area contributed by atoms with Gasteiger partial charge in [-0.2, -0.15) is 0 Å². The monoisotopic (exact) mass is 872 g/mol. The molecule has 0 fully saturated rings. The lowest BCUT2D eigenvalue weighted by molar-refractivity contribution is 1.18. The van der Waals surface area contributed by atoms with Gasteiger partial charge in [-0.1, -0.05) is 191 Å². The van der Waals surface area contributed by atoms with Crippen molar-refractivity contribution in [1.82, 2.24) is 9.13 Å². The summed E-state index contributed by atoms with van der Waals surface area (Å²) in [6.07, 6.45) is 0. The lowest BCUT2D eigenvalue weighted by Crippen LogP contribution is -2.48. The summed E-state index contributed by atoms with van der Waals surface area (Å²) in [4.78, 5) is 0. The second-order valence-corrected chi connectivity index (χ2v) is 19.1. The Hall–Kier alpha value is -7.75. The molecule has 2 heterocycles. The van der Waals surface area contributed by atoms with Crippen LogP contribution in [-0.4, -0.2) is 64.1 Å².